The molecule has 6 nitrogen and oxygen atoms in total. The van der Waals surface area contributed by atoms with Gasteiger partial charge in [0.2, 0.25) is 11.8 Å². The first kappa shape index (κ1) is 18.8. The average molecular weight is 363 g/mol. The van der Waals surface area contributed by atoms with Crippen molar-refractivity contribution in [3.63, 3.8) is 0 Å². The molecule has 7 heteroatoms. The second-order valence-corrected chi connectivity index (χ2v) is 5.72. The van der Waals surface area contributed by atoms with E-state index in [0.717, 1.165) is 5.56 Å². The molecular weight excluding hydrogens is 344 g/mol. The first-order valence-electron chi connectivity index (χ1n) is 7.55. The predicted molar refractivity (Wildman–Crippen MR) is 97.3 cm³/mol. The number of aryl methyl sites for hydroxylation is 1. The molecular formula is C18H19ClN2O4. The fourth-order valence-corrected chi connectivity index (χ4v) is 2.36. The van der Waals surface area contributed by atoms with E-state index in [-0.39, 0.29) is 25.0 Å². The molecule has 0 aliphatic heterocycles. The highest BCUT2D eigenvalue weighted by molar-refractivity contribution is 6.32. The number of carbonyl (C=O) groups excluding carboxylic acids is 2. The SMILES string of the molecule is COc1ccc(NC(=O)COCC(=O)Nc2cccc(C)c2)cc1Cl. The van der Waals surface area contributed by atoms with Gasteiger partial charge in [0.25, 0.3) is 0 Å². The summed E-state index contributed by atoms with van der Waals surface area (Å²) >= 11 is 5.99. The molecule has 0 heterocycles. The van der Waals surface area contributed by atoms with Gasteiger partial charge in [-0.05, 0) is 42.8 Å². The van der Waals surface area contributed by atoms with E-state index in [1.54, 1.807) is 24.3 Å². The highest BCUT2D eigenvalue weighted by atomic mass is 35.5. The van der Waals surface area contributed by atoms with Crippen LogP contribution in [-0.4, -0.2) is 32.1 Å². The monoisotopic (exact) mass is 362 g/mol. The van der Waals surface area contributed by atoms with Gasteiger partial charge in [0.05, 0.1) is 12.1 Å². The van der Waals surface area contributed by atoms with Gasteiger partial charge in [-0.1, -0.05) is 23.7 Å². The summed E-state index contributed by atoms with van der Waals surface area (Å²) in [7, 11) is 1.51. The normalized spacial score (nSPS) is 10.2. The highest BCUT2D eigenvalue weighted by Crippen LogP contribution is 2.27. The topological polar surface area (TPSA) is 76.7 Å². The van der Waals surface area contributed by atoms with Crippen LogP contribution >= 0.6 is 11.6 Å². The Morgan fingerprint density at radius 2 is 1.64 bits per heavy atom. The maximum Gasteiger partial charge on any atom is 0.250 e. The fourth-order valence-electron chi connectivity index (χ4n) is 2.10. The molecule has 0 aliphatic rings. The predicted octanol–water partition coefficient (Wildman–Crippen LogP) is 3.25. The van der Waals surface area contributed by atoms with Gasteiger partial charge in [0.15, 0.2) is 0 Å². The number of hydrogen-bond acceptors (Lipinski definition) is 4. The molecule has 0 aromatic heterocycles. The van der Waals surface area contributed by atoms with Crippen molar-refractivity contribution in [3.8, 4) is 5.75 Å². The van der Waals surface area contributed by atoms with E-state index in [2.05, 4.69) is 10.6 Å². The summed E-state index contributed by atoms with van der Waals surface area (Å²) in [6.07, 6.45) is 0. The third kappa shape index (κ3) is 6.10. The lowest BCUT2D eigenvalue weighted by atomic mass is 10.2. The zero-order chi connectivity index (χ0) is 18.2. The molecule has 132 valence electrons. The molecule has 0 fully saturated rings. The number of halogens is 1. The maximum absolute atomic E-state index is 11.8. The number of nitrogens with one attached hydrogen (secondary N) is 2. The van der Waals surface area contributed by atoms with Gasteiger partial charge in [-0.15, -0.1) is 0 Å². The zero-order valence-corrected chi connectivity index (χ0v) is 14.7. The number of carbonyl (C=O) groups is 2. The van der Waals surface area contributed by atoms with E-state index in [1.165, 1.54) is 7.11 Å². The van der Waals surface area contributed by atoms with Crippen molar-refractivity contribution in [1.82, 2.24) is 0 Å². The average Bonchev–Trinajstić information content (AvgIpc) is 2.55. The van der Waals surface area contributed by atoms with Gasteiger partial charge in [0, 0.05) is 11.4 Å². The minimum Gasteiger partial charge on any atom is -0.495 e. The first-order chi connectivity index (χ1) is 12.0. The summed E-state index contributed by atoms with van der Waals surface area (Å²) in [6, 6.07) is 12.3. The second-order valence-electron chi connectivity index (χ2n) is 5.31. The van der Waals surface area contributed by atoms with Crippen LogP contribution in [0.2, 0.25) is 5.02 Å². The Labute approximate surface area is 151 Å². The largest absolute Gasteiger partial charge is 0.495 e. The molecule has 2 N–H and O–H groups in total. The van der Waals surface area contributed by atoms with Crippen molar-refractivity contribution in [3.05, 3.63) is 53.1 Å². The Hall–Kier alpha value is -2.57. The van der Waals surface area contributed by atoms with Gasteiger partial charge in [-0.2, -0.15) is 0 Å². The van der Waals surface area contributed by atoms with Crippen molar-refractivity contribution >= 4 is 34.8 Å². The number of amides is 2. The van der Waals surface area contributed by atoms with E-state index in [9.17, 15) is 9.59 Å². The lowest BCUT2D eigenvalue weighted by molar-refractivity contribution is -0.125. The first-order valence-corrected chi connectivity index (χ1v) is 7.93. The van der Waals surface area contributed by atoms with Crippen LogP contribution in [0.15, 0.2) is 42.5 Å². The molecule has 2 aromatic carbocycles. The van der Waals surface area contributed by atoms with Crippen LogP contribution in [0.1, 0.15) is 5.56 Å². The molecule has 2 amide bonds. The molecule has 2 aromatic rings. The van der Waals surface area contributed by atoms with Crippen LogP contribution in [0.3, 0.4) is 0 Å². The lowest BCUT2D eigenvalue weighted by Gasteiger charge is -2.09. The summed E-state index contributed by atoms with van der Waals surface area (Å²) in [6.45, 7) is 1.47. The van der Waals surface area contributed by atoms with Crippen LogP contribution in [0, 0.1) is 6.92 Å². The van der Waals surface area contributed by atoms with Gasteiger partial charge in [-0.3, -0.25) is 9.59 Å². The molecule has 0 spiro atoms. The van der Waals surface area contributed by atoms with Crippen molar-refractivity contribution in [1.29, 1.82) is 0 Å². The second kappa shape index (κ2) is 9.05. The Bertz CT molecular complexity index is 764. The van der Waals surface area contributed by atoms with Crippen molar-refractivity contribution < 1.29 is 19.1 Å². The van der Waals surface area contributed by atoms with E-state index >= 15 is 0 Å². The smallest absolute Gasteiger partial charge is 0.250 e. The quantitative estimate of drug-likeness (QED) is 0.792. The molecule has 0 atom stereocenters. The maximum atomic E-state index is 11.8. The van der Waals surface area contributed by atoms with Gasteiger partial charge in [0.1, 0.15) is 19.0 Å². The van der Waals surface area contributed by atoms with Gasteiger partial charge < -0.3 is 20.1 Å². The number of methoxy groups -OCH3 is 1. The fraction of sp³-hybridized carbons (Fsp3) is 0.222. The number of rotatable bonds is 7. The molecule has 0 aliphatic carbocycles. The number of benzene rings is 2. The molecule has 0 saturated heterocycles. The summed E-state index contributed by atoms with van der Waals surface area (Å²) in [5.74, 6) is -0.195. The van der Waals surface area contributed by atoms with E-state index in [1.807, 2.05) is 25.1 Å². The van der Waals surface area contributed by atoms with Crippen LogP contribution in [-0.2, 0) is 14.3 Å². The van der Waals surface area contributed by atoms with Crippen LogP contribution in [0.25, 0.3) is 0 Å². The minimum atomic E-state index is -0.385. The van der Waals surface area contributed by atoms with E-state index in [4.69, 9.17) is 21.1 Å². The van der Waals surface area contributed by atoms with Crippen LogP contribution in [0.4, 0.5) is 11.4 Å². The molecule has 0 unspecified atom stereocenters. The zero-order valence-electron chi connectivity index (χ0n) is 14.0. The number of ether oxygens (including phenoxy) is 2. The number of anilines is 2. The Kier molecular flexibility index (Phi) is 6.80. The summed E-state index contributed by atoms with van der Waals surface area (Å²) in [5.41, 5.74) is 2.24. The molecule has 2 rings (SSSR count). The Morgan fingerprint density at radius 1 is 1.00 bits per heavy atom. The van der Waals surface area contributed by atoms with Gasteiger partial charge >= 0.3 is 0 Å². The Morgan fingerprint density at radius 3 is 2.20 bits per heavy atom. The lowest BCUT2D eigenvalue weighted by Crippen LogP contribution is -2.24. The van der Waals surface area contributed by atoms with Gasteiger partial charge in [-0.25, -0.2) is 0 Å². The summed E-state index contributed by atoms with van der Waals surface area (Å²) in [4.78, 5) is 23.6. The van der Waals surface area contributed by atoms with Crippen molar-refractivity contribution in [2.75, 3.05) is 31.0 Å². The summed E-state index contributed by atoms with van der Waals surface area (Å²) in [5, 5.41) is 5.72. The standard InChI is InChI=1S/C18H19ClN2O4/c1-12-4-3-5-13(8-12)20-17(22)10-25-11-18(23)21-14-6-7-16(24-2)15(19)9-14/h3-9H,10-11H2,1-2H3,(H,20,22)(H,21,23). The minimum absolute atomic E-state index is 0.218. The number of hydrogen-bond donors (Lipinski definition) is 2. The molecule has 0 radical (unpaired) electrons. The third-order valence-electron chi connectivity index (χ3n) is 3.20. The summed E-state index contributed by atoms with van der Waals surface area (Å²) < 4.78 is 10.2. The molecule has 0 bridgehead atoms. The van der Waals surface area contributed by atoms with E-state index < -0.39 is 0 Å². The van der Waals surface area contributed by atoms with Crippen LogP contribution in [0.5, 0.6) is 5.75 Å². The Balaban J connectivity index is 1.74. The van der Waals surface area contributed by atoms with Crippen molar-refractivity contribution in [2.45, 2.75) is 6.92 Å². The highest BCUT2D eigenvalue weighted by Gasteiger charge is 2.08. The molecule has 25 heavy (non-hydrogen) atoms. The van der Waals surface area contributed by atoms with E-state index in [0.29, 0.717) is 22.1 Å². The van der Waals surface area contributed by atoms with Crippen LogP contribution < -0.4 is 15.4 Å². The molecule has 0 saturated carbocycles. The van der Waals surface area contributed by atoms with Crippen molar-refractivity contribution in [2.24, 2.45) is 0 Å². The third-order valence-corrected chi connectivity index (χ3v) is 3.50.